The maximum atomic E-state index is 14.3. The number of aliphatic hydroxyl groups is 1. The Morgan fingerprint density at radius 3 is 2.63 bits per heavy atom. The molecule has 1 heterocycles. The van der Waals surface area contributed by atoms with E-state index in [0.29, 0.717) is 17.2 Å². The van der Waals surface area contributed by atoms with Crippen LogP contribution in [0.5, 0.6) is 0 Å². The second-order valence-corrected chi connectivity index (χ2v) is 13.2. The van der Waals surface area contributed by atoms with E-state index in [1.165, 1.54) is 0 Å². The zero-order valence-corrected chi connectivity index (χ0v) is 25.0. The number of halogens is 2. The molecule has 0 spiro atoms. The molecule has 1 saturated carbocycles. The van der Waals surface area contributed by atoms with Crippen molar-refractivity contribution >= 4 is 52.7 Å². The van der Waals surface area contributed by atoms with Gasteiger partial charge in [-0.3, -0.25) is 0 Å². The van der Waals surface area contributed by atoms with Gasteiger partial charge in [0.15, 0.2) is 0 Å². The Labute approximate surface area is 250 Å². The zero-order valence-electron chi connectivity index (χ0n) is 23.4. The van der Waals surface area contributed by atoms with Crippen LogP contribution < -0.4 is 0 Å². The molecule has 6 heteroatoms. The lowest BCUT2D eigenvalue weighted by Gasteiger charge is -2.24. The largest absolute Gasteiger partial charge is 0.386 e. The number of hydrogen-bond donors (Lipinski definition) is 1. The average molecular weight is 588 g/mol. The third-order valence-electron chi connectivity index (χ3n) is 7.91. The van der Waals surface area contributed by atoms with Gasteiger partial charge in [0.1, 0.15) is 12.5 Å². The van der Waals surface area contributed by atoms with Crippen molar-refractivity contribution in [3.63, 3.8) is 0 Å². The Hall–Kier alpha value is -2.99. The minimum Gasteiger partial charge on any atom is -0.386 e. The summed E-state index contributed by atoms with van der Waals surface area (Å²) in [6.45, 7) is 3.62. The lowest BCUT2D eigenvalue weighted by atomic mass is 9.90. The van der Waals surface area contributed by atoms with Gasteiger partial charge in [-0.05, 0) is 79.6 Å². The van der Waals surface area contributed by atoms with Gasteiger partial charge in [0.2, 0.25) is 0 Å². The van der Waals surface area contributed by atoms with Gasteiger partial charge in [0, 0.05) is 33.2 Å². The van der Waals surface area contributed by atoms with Crippen molar-refractivity contribution < 1.29 is 14.3 Å². The van der Waals surface area contributed by atoms with Crippen LogP contribution >= 0.6 is 23.4 Å². The van der Waals surface area contributed by atoms with Gasteiger partial charge in [0.05, 0.1) is 16.8 Å². The number of hydrogen-bond acceptors (Lipinski definition) is 4. The van der Waals surface area contributed by atoms with Crippen molar-refractivity contribution in [1.82, 2.24) is 4.98 Å². The number of aryl methyl sites for hydroxylation is 1. The Balaban J connectivity index is 1.38. The predicted molar refractivity (Wildman–Crippen MR) is 170 cm³/mol. The summed E-state index contributed by atoms with van der Waals surface area (Å²) >= 11 is 7.90. The zero-order chi connectivity index (χ0) is 29.0. The van der Waals surface area contributed by atoms with Crippen molar-refractivity contribution in [3.8, 4) is 0 Å². The number of aldehydes is 1. The first-order valence-electron chi connectivity index (χ1n) is 14.0. The van der Waals surface area contributed by atoms with Gasteiger partial charge < -0.3 is 9.90 Å². The van der Waals surface area contributed by atoms with Gasteiger partial charge in [-0.25, -0.2) is 9.37 Å². The van der Waals surface area contributed by atoms with Crippen LogP contribution in [0.4, 0.5) is 4.39 Å². The summed E-state index contributed by atoms with van der Waals surface area (Å²) in [5.74, 6) is 0.606. The number of benzene rings is 3. The van der Waals surface area contributed by atoms with Gasteiger partial charge in [0.25, 0.3) is 0 Å². The molecule has 0 bridgehead atoms. The highest BCUT2D eigenvalue weighted by Crippen LogP contribution is 2.55. The summed E-state index contributed by atoms with van der Waals surface area (Å²) < 4.78 is 14.3. The standard InChI is InChI=1S/C35H35ClFNO2S/c1-34(2,40)30-9-4-3-7-25(30)13-17-32(41-23-35(18-19-39)22-33(35)37)27-8-5-6-24(20-27)10-15-29-16-12-26-11-14-28(36)21-31(26)38-29/h3-12,14-16,19-21,32-33,40H,13,17-18,22-23H2,1-2H3/b15-10+/t32-,33+,35-/m1/s1. The predicted octanol–water partition coefficient (Wildman–Crippen LogP) is 9.01. The van der Waals surface area contributed by atoms with Crippen LogP contribution in [-0.4, -0.2) is 28.3 Å². The number of aromatic nitrogens is 1. The highest BCUT2D eigenvalue weighted by Gasteiger charge is 2.54. The van der Waals surface area contributed by atoms with E-state index in [9.17, 15) is 14.3 Å². The molecule has 1 fully saturated rings. The first-order valence-corrected chi connectivity index (χ1v) is 15.4. The van der Waals surface area contributed by atoms with Gasteiger partial charge in [-0.1, -0.05) is 78.3 Å². The van der Waals surface area contributed by atoms with E-state index in [1.807, 2.05) is 68.5 Å². The smallest absolute Gasteiger partial charge is 0.120 e. The second-order valence-electron chi connectivity index (χ2n) is 11.5. The topological polar surface area (TPSA) is 50.2 Å². The molecule has 1 N–H and O–H groups in total. The molecule has 0 unspecified atom stereocenters. The van der Waals surface area contributed by atoms with Crippen molar-refractivity contribution in [1.29, 1.82) is 0 Å². The summed E-state index contributed by atoms with van der Waals surface area (Å²) in [4.78, 5) is 16.0. The maximum absolute atomic E-state index is 14.3. The molecule has 5 rings (SSSR count). The van der Waals surface area contributed by atoms with E-state index < -0.39 is 17.2 Å². The van der Waals surface area contributed by atoms with E-state index in [2.05, 4.69) is 36.4 Å². The Bertz CT molecular complexity index is 1570. The number of rotatable bonds is 12. The highest BCUT2D eigenvalue weighted by atomic mass is 35.5. The van der Waals surface area contributed by atoms with Crippen molar-refractivity contribution in [2.75, 3.05) is 5.75 Å². The molecule has 4 aromatic rings. The third-order valence-corrected chi connectivity index (χ3v) is 9.80. The van der Waals surface area contributed by atoms with Crippen LogP contribution in [-0.2, 0) is 16.8 Å². The minimum atomic E-state index is -0.935. The molecule has 41 heavy (non-hydrogen) atoms. The fourth-order valence-electron chi connectivity index (χ4n) is 5.36. The Kier molecular flexibility index (Phi) is 8.98. The number of pyridine rings is 1. The minimum absolute atomic E-state index is 0.107. The van der Waals surface area contributed by atoms with Crippen molar-refractivity contribution in [2.45, 2.75) is 56.6 Å². The molecule has 0 saturated heterocycles. The van der Waals surface area contributed by atoms with Crippen molar-refractivity contribution in [3.05, 3.63) is 112 Å². The monoisotopic (exact) mass is 587 g/mol. The first kappa shape index (κ1) is 29.5. The van der Waals surface area contributed by atoms with E-state index in [1.54, 1.807) is 11.8 Å². The Morgan fingerprint density at radius 2 is 1.88 bits per heavy atom. The summed E-state index contributed by atoms with van der Waals surface area (Å²) in [6, 6.07) is 26.2. The number of carbonyl (C=O) groups is 1. The summed E-state index contributed by atoms with van der Waals surface area (Å²) in [5.41, 5.74) is 4.48. The number of carbonyl (C=O) groups excluding carboxylic acids is 1. The lowest BCUT2D eigenvalue weighted by Crippen LogP contribution is -2.18. The molecule has 212 valence electrons. The van der Waals surface area contributed by atoms with E-state index in [4.69, 9.17) is 16.6 Å². The van der Waals surface area contributed by atoms with Gasteiger partial charge >= 0.3 is 0 Å². The normalized spacial score (nSPS) is 19.5. The van der Waals surface area contributed by atoms with Gasteiger partial charge in [-0.2, -0.15) is 11.8 Å². The molecule has 3 atom stereocenters. The number of thioether (sulfide) groups is 1. The summed E-state index contributed by atoms with van der Waals surface area (Å²) in [7, 11) is 0. The summed E-state index contributed by atoms with van der Waals surface area (Å²) in [6.07, 6.45) is 6.33. The Morgan fingerprint density at radius 1 is 1.10 bits per heavy atom. The summed E-state index contributed by atoms with van der Waals surface area (Å²) in [5, 5.41) is 12.5. The SMILES string of the molecule is CC(C)(O)c1ccccc1CC[C@@H](SC[C@@]1(CC=O)C[C@@H]1F)c1cccc(/C=C/c2ccc3ccc(Cl)cc3n2)c1. The molecular weight excluding hydrogens is 553 g/mol. The van der Waals surface area contributed by atoms with E-state index >= 15 is 0 Å². The van der Waals surface area contributed by atoms with E-state index in [-0.39, 0.29) is 11.7 Å². The average Bonchev–Trinajstić information content (AvgIpc) is 3.59. The highest BCUT2D eigenvalue weighted by molar-refractivity contribution is 7.99. The molecule has 0 aliphatic heterocycles. The van der Waals surface area contributed by atoms with Crippen LogP contribution in [0.2, 0.25) is 5.02 Å². The van der Waals surface area contributed by atoms with E-state index in [0.717, 1.165) is 58.0 Å². The van der Waals surface area contributed by atoms with Crippen LogP contribution in [0.25, 0.3) is 23.1 Å². The second kappa shape index (κ2) is 12.5. The molecular formula is C35H35ClFNO2S. The quantitative estimate of drug-likeness (QED) is 0.168. The molecule has 3 aromatic carbocycles. The fourth-order valence-corrected chi connectivity index (χ4v) is 7.10. The maximum Gasteiger partial charge on any atom is 0.120 e. The van der Waals surface area contributed by atoms with Crippen LogP contribution in [0, 0.1) is 5.41 Å². The van der Waals surface area contributed by atoms with Crippen LogP contribution in [0.1, 0.15) is 66.3 Å². The van der Waals surface area contributed by atoms with Crippen LogP contribution in [0.15, 0.2) is 78.9 Å². The molecule has 0 radical (unpaired) electrons. The number of alkyl halides is 1. The lowest BCUT2D eigenvalue weighted by molar-refractivity contribution is -0.108. The first-order chi connectivity index (χ1) is 19.7. The number of nitrogens with zero attached hydrogens (tertiary/aromatic N) is 1. The fraction of sp³-hybridized carbons (Fsp3) is 0.314. The molecule has 1 aromatic heterocycles. The number of fused-ring (bicyclic) bond motifs is 1. The molecule has 3 nitrogen and oxygen atoms in total. The molecule has 1 aliphatic carbocycles. The van der Waals surface area contributed by atoms with Crippen LogP contribution in [0.3, 0.4) is 0 Å². The molecule has 0 amide bonds. The third kappa shape index (κ3) is 7.27. The van der Waals surface area contributed by atoms with Crippen molar-refractivity contribution in [2.24, 2.45) is 5.41 Å². The van der Waals surface area contributed by atoms with Gasteiger partial charge in [-0.15, -0.1) is 0 Å². The molecule has 1 aliphatic rings.